The molecule has 2 N–H and O–H groups in total. The molecule has 8 heteroatoms. The molecule has 0 aromatic heterocycles. The predicted octanol–water partition coefficient (Wildman–Crippen LogP) is 2.94. The number of likely N-dealkylation sites (tertiary alicyclic amines) is 1. The number of hydrogen-bond acceptors (Lipinski definition) is 3. The van der Waals surface area contributed by atoms with Crippen LogP contribution in [0.25, 0.3) is 0 Å². The van der Waals surface area contributed by atoms with Gasteiger partial charge in [-0.3, -0.25) is 0 Å². The van der Waals surface area contributed by atoms with Gasteiger partial charge in [-0.1, -0.05) is 15.9 Å². The van der Waals surface area contributed by atoms with Crippen molar-refractivity contribution in [3.63, 3.8) is 0 Å². The molecule has 0 spiro atoms. The summed E-state index contributed by atoms with van der Waals surface area (Å²) in [7, 11) is 1.34. The lowest BCUT2D eigenvalue weighted by atomic mass is 10.1. The summed E-state index contributed by atoms with van der Waals surface area (Å²) >= 11 is 3.15. The SMILES string of the molecule is COC(=O)N1CCC(NC(=O)Nc2ccc(Br)cc2F)CC1. The molecule has 0 atom stereocenters. The predicted molar refractivity (Wildman–Crippen MR) is 83.3 cm³/mol. The lowest BCUT2D eigenvalue weighted by molar-refractivity contribution is 0.110. The normalized spacial score (nSPS) is 15.3. The Labute approximate surface area is 136 Å². The molecule has 3 amide bonds. The number of nitrogens with one attached hydrogen (secondary N) is 2. The molecule has 0 bridgehead atoms. The number of hydrogen-bond donors (Lipinski definition) is 2. The van der Waals surface area contributed by atoms with E-state index in [4.69, 9.17) is 0 Å². The van der Waals surface area contributed by atoms with Crippen LogP contribution in [0.15, 0.2) is 22.7 Å². The Hall–Kier alpha value is -1.83. The maximum Gasteiger partial charge on any atom is 0.409 e. The molecule has 1 aliphatic rings. The molecule has 1 aromatic carbocycles. The fourth-order valence-electron chi connectivity index (χ4n) is 2.27. The first-order valence-electron chi connectivity index (χ1n) is 6.85. The quantitative estimate of drug-likeness (QED) is 0.836. The molecule has 0 aliphatic carbocycles. The number of amides is 3. The Bertz CT molecular complexity index is 562. The number of carbonyl (C=O) groups is 2. The third-order valence-electron chi connectivity index (χ3n) is 3.44. The molecule has 0 saturated carbocycles. The van der Waals surface area contributed by atoms with E-state index in [1.165, 1.54) is 19.2 Å². The minimum absolute atomic E-state index is 0.0561. The molecule has 120 valence electrons. The van der Waals surface area contributed by atoms with Crippen molar-refractivity contribution in [1.29, 1.82) is 0 Å². The van der Waals surface area contributed by atoms with E-state index in [1.54, 1.807) is 11.0 Å². The number of halogens is 2. The summed E-state index contributed by atoms with van der Waals surface area (Å²) in [6.07, 6.45) is 0.899. The largest absolute Gasteiger partial charge is 0.453 e. The first-order valence-corrected chi connectivity index (χ1v) is 7.64. The van der Waals surface area contributed by atoms with E-state index in [0.717, 1.165) is 0 Å². The molecule has 1 heterocycles. The molecule has 0 unspecified atom stereocenters. The number of methoxy groups -OCH3 is 1. The van der Waals surface area contributed by atoms with Crippen molar-refractivity contribution in [1.82, 2.24) is 10.2 Å². The van der Waals surface area contributed by atoms with Gasteiger partial charge in [-0.05, 0) is 31.0 Å². The van der Waals surface area contributed by atoms with E-state index in [1.807, 2.05) is 0 Å². The number of benzene rings is 1. The van der Waals surface area contributed by atoms with Gasteiger partial charge in [-0.2, -0.15) is 0 Å². The molecule has 2 rings (SSSR count). The van der Waals surface area contributed by atoms with Gasteiger partial charge < -0.3 is 20.3 Å². The fourth-order valence-corrected chi connectivity index (χ4v) is 2.60. The highest BCUT2D eigenvalue weighted by atomic mass is 79.9. The van der Waals surface area contributed by atoms with Crippen molar-refractivity contribution >= 4 is 33.7 Å². The van der Waals surface area contributed by atoms with E-state index in [2.05, 4.69) is 31.3 Å². The number of urea groups is 1. The lowest BCUT2D eigenvalue weighted by Crippen LogP contribution is -2.47. The zero-order chi connectivity index (χ0) is 16.1. The standard InChI is InChI=1S/C14H17BrFN3O3/c1-22-14(21)19-6-4-10(5-7-19)17-13(20)18-12-3-2-9(15)8-11(12)16/h2-3,8,10H,4-7H2,1H3,(H2,17,18,20). The van der Waals surface area contributed by atoms with E-state index in [0.29, 0.717) is 30.4 Å². The number of piperidine rings is 1. The first kappa shape index (κ1) is 16.5. The minimum Gasteiger partial charge on any atom is -0.453 e. The van der Waals surface area contributed by atoms with Gasteiger partial charge in [0.15, 0.2) is 0 Å². The van der Waals surface area contributed by atoms with E-state index in [9.17, 15) is 14.0 Å². The van der Waals surface area contributed by atoms with Crippen molar-refractivity contribution in [3.05, 3.63) is 28.5 Å². The van der Waals surface area contributed by atoms with E-state index in [-0.39, 0.29) is 17.8 Å². The molecule has 1 aliphatic heterocycles. The maximum atomic E-state index is 13.6. The Morgan fingerprint density at radius 3 is 2.64 bits per heavy atom. The minimum atomic E-state index is -0.509. The van der Waals surface area contributed by atoms with E-state index >= 15 is 0 Å². The summed E-state index contributed by atoms with van der Waals surface area (Å²) in [5, 5.41) is 5.26. The third kappa shape index (κ3) is 4.33. The summed E-state index contributed by atoms with van der Waals surface area (Å²) in [6, 6.07) is 3.90. The molecule has 1 fully saturated rings. The van der Waals surface area contributed by atoms with Gasteiger partial charge in [-0.25, -0.2) is 14.0 Å². The van der Waals surface area contributed by atoms with Crippen LogP contribution in [0.3, 0.4) is 0 Å². The number of anilines is 1. The second-order valence-electron chi connectivity index (χ2n) is 4.95. The van der Waals surface area contributed by atoms with Crippen molar-refractivity contribution in [3.8, 4) is 0 Å². The van der Waals surface area contributed by atoms with Gasteiger partial charge in [0.1, 0.15) is 5.82 Å². The summed E-state index contributed by atoms with van der Waals surface area (Å²) in [5.74, 6) is -0.509. The first-order chi connectivity index (χ1) is 10.5. The molecule has 1 aromatic rings. The van der Waals surface area contributed by atoms with Gasteiger partial charge in [-0.15, -0.1) is 0 Å². The van der Waals surface area contributed by atoms with Crippen LogP contribution in [-0.4, -0.2) is 43.3 Å². The molecule has 22 heavy (non-hydrogen) atoms. The fraction of sp³-hybridized carbons (Fsp3) is 0.429. The zero-order valence-electron chi connectivity index (χ0n) is 12.1. The van der Waals surface area contributed by atoms with Crippen molar-refractivity contribution in [2.45, 2.75) is 18.9 Å². The molecule has 6 nitrogen and oxygen atoms in total. The Morgan fingerprint density at radius 2 is 2.05 bits per heavy atom. The van der Waals surface area contributed by atoms with Crippen molar-refractivity contribution in [2.24, 2.45) is 0 Å². The average molecular weight is 374 g/mol. The van der Waals surface area contributed by atoms with E-state index < -0.39 is 11.8 Å². The van der Waals surface area contributed by atoms with Crippen LogP contribution in [-0.2, 0) is 4.74 Å². The van der Waals surface area contributed by atoms with Crippen LogP contribution < -0.4 is 10.6 Å². The monoisotopic (exact) mass is 373 g/mol. The summed E-state index contributed by atoms with van der Waals surface area (Å²) in [4.78, 5) is 24.8. The number of carbonyl (C=O) groups excluding carboxylic acids is 2. The summed E-state index contributed by atoms with van der Waals surface area (Å²) in [6.45, 7) is 1.04. The van der Waals surface area contributed by atoms with Gasteiger partial charge in [0.2, 0.25) is 0 Å². The van der Waals surface area contributed by atoms with Gasteiger partial charge >= 0.3 is 12.1 Å². The van der Waals surface area contributed by atoms with Crippen LogP contribution in [0.5, 0.6) is 0 Å². The van der Waals surface area contributed by atoms with Gasteiger partial charge in [0.25, 0.3) is 0 Å². The maximum absolute atomic E-state index is 13.6. The topological polar surface area (TPSA) is 70.7 Å². The van der Waals surface area contributed by atoms with Crippen molar-refractivity contribution < 1.29 is 18.7 Å². The van der Waals surface area contributed by atoms with Crippen LogP contribution in [0.1, 0.15) is 12.8 Å². The highest BCUT2D eigenvalue weighted by Gasteiger charge is 2.24. The van der Waals surface area contributed by atoms with Crippen LogP contribution in [0.4, 0.5) is 19.7 Å². The smallest absolute Gasteiger partial charge is 0.409 e. The highest BCUT2D eigenvalue weighted by Crippen LogP contribution is 2.19. The van der Waals surface area contributed by atoms with Crippen LogP contribution >= 0.6 is 15.9 Å². The van der Waals surface area contributed by atoms with Crippen LogP contribution in [0.2, 0.25) is 0 Å². The van der Waals surface area contributed by atoms with Crippen molar-refractivity contribution in [2.75, 3.05) is 25.5 Å². The average Bonchev–Trinajstić information content (AvgIpc) is 2.50. The Balaban J connectivity index is 1.82. The second kappa shape index (κ2) is 7.44. The Kier molecular flexibility index (Phi) is 5.59. The highest BCUT2D eigenvalue weighted by molar-refractivity contribution is 9.10. The zero-order valence-corrected chi connectivity index (χ0v) is 13.7. The molecular formula is C14H17BrFN3O3. The van der Waals surface area contributed by atoms with Gasteiger partial charge in [0.05, 0.1) is 12.8 Å². The van der Waals surface area contributed by atoms with Crippen LogP contribution in [0, 0.1) is 5.82 Å². The summed E-state index contributed by atoms with van der Waals surface area (Å²) < 4.78 is 18.9. The third-order valence-corrected chi connectivity index (χ3v) is 3.94. The van der Waals surface area contributed by atoms with Gasteiger partial charge in [0, 0.05) is 23.6 Å². The molecule has 1 saturated heterocycles. The second-order valence-corrected chi connectivity index (χ2v) is 5.87. The number of ether oxygens (including phenoxy) is 1. The summed E-state index contributed by atoms with van der Waals surface area (Å²) in [5.41, 5.74) is 0.118. The number of nitrogens with zero attached hydrogens (tertiary/aromatic N) is 1. The molecular weight excluding hydrogens is 357 g/mol. The lowest BCUT2D eigenvalue weighted by Gasteiger charge is -2.31. The number of rotatable bonds is 2. The molecule has 0 radical (unpaired) electrons. The Morgan fingerprint density at radius 1 is 1.36 bits per heavy atom.